The van der Waals surface area contributed by atoms with Gasteiger partial charge in [-0.15, -0.1) is 0 Å². The second kappa shape index (κ2) is 12.6. The van der Waals surface area contributed by atoms with Gasteiger partial charge in [-0.1, -0.05) is 65.1 Å². The molecular formula is C30H33Cl3N2O5S. The Kier molecular flexibility index (Phi) is 9.76. The third-order valence-electron chi connectivity index (χ3n) is 7.42. The molecule has 0 heterocycles. The van der Waals surface area contributed by atoms with Crippen molar-refractivity contribution in [2.45, 2.75) is 49.6 Å². The SMILES string of the molecule is CN(C[C@H](O)CNC(C)(C)CC1Cc2ccccc2C1)S(=O)(=O)c1c(Cl)cc(-c2ccc(C(=O)O)c(Cl)c2)cc1Cl. The lowest BCUT2D eigenvalue weighted by Gasteiger charge is -2.31. The number of aromatic carboxylic acids is 1. The van der Waals surface area contributed by atoms with Crippen molar-refractivity contribution in [2.24, 2.45) is 5.92 Å². The molecule has 3 aromatic carbocycles. The number of carbonyl (C=O) groups is 1. The van der Waals surface area contributed by atoms with Gasteiger partial charge in [-0.25, -0.2) is 13.2 Å². The van der Waals surface area contributed by atoms with Crippen molar-refractivity contribution in [3.8, 4) is 11.1 Å². The average molecular weight is 640 g/mol. The van der Waals surface area contributed by atoms with Gasteiger partial charge >= 0.3 is 5.97 Å². The van der Waals surface area contributed by atoms with Crippen molar-refractivity contribution in [2.75, 3.05) is 20.1 Å². The molecule has 0 saturated heterocycles. The van der Waals surface area contributed by atoms with Gasteiger partial charge in [0.1, 0.15) is 4.90 Å². The van der Waals surface area contributed by atoms with Gasteiger partial charge in [0.05, 0.1) is 26.7 Å². The summed E-state index contributed by atoms with van der Waals surface area (Å²) in [6.45, 7) is 4.22. The summed E-state index contributed by atoms with van der Waals surface area (Å²) in [7, 11) is -2.78. The van der Waals surface area contributed by atoms with Gasteiger partial charge < -0.3 is 15.5 Å². The van der Waals surface area contributed by atoms with E-state index in [1.54, 1.807) is 0 Å². The first-order chi connectivity index (χ1) is 19.2. The van der Waals surface area contributed by atoms with Crippen LogP contribution in [0.25, 0.3) is 11.1 Å². The number of hydrogen-bond acceptors (Lipinski definition) is 5. The molecule has 0 bridgehead atoms. The minimum absolute atomic E-state index is 0.0257. The minimum atomic E-state index is -4.15. The number of aliphatic hydroxyl groups excluding tert-OH is 1. The lowest BCUT2D eigenvalue weighted by atomic mass is 9.88. The monoisotopic (exact) mass is 638 g/mol. The molecule has 4 rings (SSSR count). The number of nitrogens with one attached hydrogen (secondary N) is 1. The van der Waals surface area contributed by atoms with Crippen LogP contribution in [0.3, 0.4) is 0 Å². The summed E-state index contributed by atoms with van der Waals surface area (Å²) in [5.74, 6) is -0.656. The van der Waals surface area contributed by atoms with E-state index < -0.39 is 22.1 Å². The number of hydrogen-bond donors (Lipinski definition) is 3. The van der Waals surface area contributed by atoms with Gasteiger partial charge in [0.15, 0.2) is 0 Å². The number of carboxylic acids is 1. The minimum Gasteiger partial charge on any atom is -0.478 e. The van der Waals surface area contributed by atoms with Crippen LogP contribution in [0.4, 0.5) is 0 Å². The number of β-amino-alcohol motifs (C(OH)–C–C–N with tert-alkyl or cyclic N) is 1. The zero-order chi connectivity index (χ0) is 30.1. The number of aliphatic hydroxyl groups is 1. The van der Waals surface area contributed by atoms with Gasteiger partial charge in [-0.2, -0.15) is 4.31 Å². The van der Waals surface area contributed by atoms with Crippen molar-refractivity contribution in [3.63, 3.8) is 0 Å². The quantitative estimate of drug-likeness (QED) is 0.232. The molecule has 0 spiro atoms. The first-order valence-electron chi connectivity index (χ1n) is 13.2. The van der Waals surface area contributed by atoms with Crippen LogP contribution in [-0.2, 0) is 22.9 Å². The molecule has 0 aromatic heterocycles. The fraction of sp³-hybridized carbons (Fsp3) is 0.367. The molecule has 0 amide bonds. The molecule has 0 radical (unpaired) electrons. The molecule has 220 valence electrons. The molecule has 0 saturated carbocycles. The molecular weight excluding hydrogens is 607 g/mol. The number of rotatable bonds is 11. The summed E-state index contributed by atoms with van der Waals surface area (Å²) in [6, 6.07) is 15.7. The summed E-state index contributed by atoms with van der Waals surface area (Å²) in [4.78, 5) is 11.0. The van der Waals surface area contributed by atoms with E-state index in [0.717, 1.165) is 23.6 Å². The van der Waals surface area contributed by atoms with E-state index in [4.69, 9.17) is 34.8 Å². The molecule has 7 nitrogen and oxygen atoms in total. The van der Waals surface area contributed by atoms with Gasteiger partial charge in [0.2, 0.25) is 10.0 Å². The topological polar surface area (TPSA) is 107 Å². The van der Waals surface area contributed by atoms with Gasteiger partial charge in [0, 0.05) is 25.7 Å². The molecule has 41 heavy (non-hydrogen) atoms. The second-order valence-electron chi connectivity index (χ2n) is 11.2. The summed E-state index contributed by atoms with van der Waals surface area (Å²) < 4.78 is 27.9. The second-order valence-corrected chi connectivity index (χ2v) is 14.4. The van der Waals surface area contributed by atoms with E-state index in [2.05, 4.69) is 43.4 Å². The van der Waals surface area contributed by atoms with E-state index in [1.807, 2.05) is 0 Å². The standard InChI is InChI=1S/C30H33Cl3N2O5S/c1-30(2,15-18-10-19-6-4-5-7-20(19)11-18)34-16-23(36)17-35(3)41(39,40)28-26(32)13-22(14-27(28)33)21-8-9-24(29(37)38)25(31)12-21/h4-9,12-14,18,23,34,36H,10-11,15-17H2,1-3H3,(H,37,38)/t23-/m1/s1. The Hall–Kier alpha value is -2.17. The molecule has 0 fully saturated rings. The Morgan fingerprint density at radius 3 is 2.10 bits per heavy atom. The van der Waals surface area contributed by atoms with Crippen molar-refractivity contribution in [1.29, 1.82) is 0 Å². The Bertz CT molecular complexity index is 1510. The Labute approximate surface area is 256 Å². The number of nitrogens with zero attached hydrogens (tertiary/aromatic N) is 1. The fourth-order valence-corrected chi connectivity index (χ4v) is 8.06. The molecule has 0 unspecified atom stereocenters. The lowest BCUT2D eigenvalue weighted by molar-refractivity contribution is 0.0697. The predicted octanol–water partition coefficient (Wildman–Crippen LogP) is 6.17. The molecule has 1 atom stereocenters. The molecule has 11 heteroatoms. The van der Waals surface area contributed by atoms with E-state index in [9.17, 15) is 23.4 Å². The van der Waals surface area contributed by atoms with Crippen molar-refractivity contribution in [3.05, 3.63) is 86.4 Å². The van der Waals surface area contributed by atoms with Crippen LogP contribution in [0, 0.1) is 5.92 Å². The molecule has 1 aliphatic rings. The Morgan fingerprint density at radius 1 is 1.00 bits per heavy atom. The molecule has 0 aliphatic heterocycles. The smallest absolute Gasteiger partial charge is 0.337 e. The Morgan fingerprint density at radius 2 is 1.56 bits per heavy atom. The van der Waals surface area contributed by atoms with Crippen LogP contribution in [0.2, 0.25) is 15.1 Å². The number of halogens is 3. The highest BCUT2D eigenvalue weighted by Crippen LogP contribution is 2.37. The fourth-order valence-electron chi connectivity index (χ4n) is 5.44. The van der Waals surface area contributed by atoms with Crippen LogP contribution >= 0.6 is 34.8 Å². The van der Waals surface area contributed by atoms with Crippen LogP contribution in [0.15, 0.2) is 59.5 Å². The highest BCUT2D eigenvalue weighted by Gasteiger charge is 2.31. The first kappa shape index (κ1) is 31.8. The highest BCUT2D eigenvalue weighted by atomic mass is 35.5. The van der Waals surface area contributed by atoms with Gasteiger partial charge in [-0.05, 0) is 85.5 Å². The maximum absolute atomic E-state index is 13.4. The maximum atomic E-state index is 13.4. The van der Waals surface area contributed by atoms with Crippen LogP contribution in [-0.4, -0.2) is 60.7 Å². The summed E-state index contributed by atoms with van der Waals surface area (Å²) in [5.41, 5.74) is 3.47. The van der Waals surface area contributed by atoms with E-state index >= 15 is 0 Å². The van der Waals surface area contributed by atoms with E-state index in [0.29, 0.717) is 17.0 Å². The lowest BCUT2D eigenvalue weighted by Crippen LogP contribution is -2.47. The highest BCUT2D eigenvalue weighted by molar-refractivity contribution is 7.89. The first-order valence-corrected chi connectivity index (χ1v) is 15.7. The summed E-state index contributed by atoms with van der Waals surface area (Å²) in [5, 5.41) is 23.1. The van der Waals surface area contributed by atoms with Crippen LogP contribution < -0.4 is 5.32 Å². The number of fused-ring (bicyclic) bond motifs is 1. The van der Waals surface area contributed by atoms with Crippen molar-refractivity contribution >= 4 is 50.8 Å². The zero-order valence-corrected chi connectivity index (χ0v) is 26.1. The predicted molar refractivity (Wildman–Crippen MR) is 164 cm³/mol. The van der Waals surface area contributed by atoms with E-state index in [-0.39, 0.29) is 44.2 Å². The van der Waals surface area contributed by atoms with Gasteiger partial charge in [-0.3, -0.25) is 0 Å². The average Bonchev–Trinajstić information content (AvgIpc) is 3.28. The third-order valence-corrected chi connectivity index (χ3v) is 10.5. The summed E-state index contributed by atoms with van der Waals surface area (Å²) in [6.07, 6.45) is 2.02. The van der Waals surface area contributed by atoms with Crippen LogP contribution in [0.5, 0.6) is 0 Å². The third kappa shape index (κ3) is 7.43. The van der Waals surface area contributed by atoms with Crippen molar-refractivity contribution < 1.29 is 23.4 Å². The Balaban J connectivity index is 1.39. The number of benzene rings is 3. The summed E-state index contributed by atoms with van der Waals surface area (Å²) >= 11 is 18.9. The normalized spacial score (nSPS) is 14.8. The van der Waals surface area contributed by atoms with Gasteiger partial charge in [0.25, 0.3) is 0 Å². The zero-order valence-electron chi connectivity index (χ0n) is 23.0. The number of sulfonamides is 1. The number of likely N-dealkylation sites (N-methyl/N-ethyl adjacent to an activating group) is 1. The molecule has 3 aromatic rings. The largest absolute Gasteiger partial charge is 0.478 e. The maximum Gasteiger partial charge on any atom is 0.337 e. The van der Waals surface area contributed by atoms with E-state index in [1.165, 1.54) is 48.5 Å². The van der Waals surface area contributed by atoms with Crippen molar-refractivity contribution in [1.82, 2.24) is 9.62 Å². The number of carboxylic acid groups (broad SMARTS) is 1. The van der Waals surface area contributed by atoms with Crippen LogP contribution in [0.1, 0.15) is 41.8 Å². The molecule has 3 N–H and O–H groups in total. The molecule has 1 aliphatic carbocycles.